The molecule has 156 valence electrons. The first-order valence-electron chi connectivity index (χ1n) is 11.0. The third-order valence-electron chi connectivity index (χ3n) is 6.47. The minimum absolute atomic E-state index is 0.145. The van der Waals surface area contributed by atoms with Crippen molar-refractivity contribution in [3.8, 4) is 5.75 Å². The highest BCUT2D eigenvalue weighted by atomic mass is 16.5. The smallest absolute Gasteiger partial charge is 0.222 e. The average molecular weight is 404 g/mol. The van der Waals surface area contributed by atoms with Crippen molar-refractivity contribution in [2.75, 3.05) is 11.9 Å². The molecule has 2 aliphatic carbocycles. The molecule has 30 heavy (non-hydrogen) atoms. The van der Waals surface area contributed by atoms with Crippen LogP contribution in [0.3, 0.4) is 0 Å². The van der Waals surface area contributed by atoms with Gasteiger partial charge in [0, 0.05) is 18.3 Å². The maximum atomic E-state index is 12.5. The summed E-state index contributed by atoms with van der Waals surface area (Å²) in [6, 6.07) is 5.94. The van der Waals surface area contributed by atoms with Crippen molar-refractivity contribution in [1.82, 2.24) is 9.97 Å². The second-order valence-electron chi connectivity index (χ2n) is 9.90. The molecule has 1 N–H and O–H groups in total. The number of Topliss-reactive ketones (excluding diaryl/α,β-unsaturated/α-hetero) is 1. The van der Waals surface area contributed by atoms with Gasteiger partial charge in [0.05, 0.1) is 17.7 Å². The van der Waals surface area contributed by atoms with E-state index in [1.165, 1.54) is 12.8 Å². The maximum absolute atomic E-state index is 12.5. The fourth-order valence-electron chi connectivity index (χ4n) is 4.32. The van der Waals surface area contributed by atoms with E-state index in [0.717, 1.165) is 54.1 Å². The van der Waals surface area contributed by atoms with Crippen LogP contribution in [0.2, 0.25) is 0 Å². The van der Waals surface area contributed by atoms with Crippen LogP contribution in [0.1, 0.15) is 80.1 Å². The topological polar surface area (TPSA) is 64.1 Å². The number of hydrogen-bond acceptors (Lipinski definition) is 5. The van der Waals surface area contributed by atoms with Gasteiger partial charge < -0.3 is 10.1 Å². The minimum Gasteiger partial charge on any atom is -0.487 e. The van der Waals surface area contributed by atoms with Gasteiger partial charge in [-0.3, -0.25) is 4.79 Å². The number of ketones is 1. The number of hydrogen-bond donors (Lipinski definition) is 1. The molecule has 3 aliphatic rings. The third-order valence-corrected chi connectivity index (χ3v) is 6.47. The van der Waals surface area contributed by atoms with Crippen molar-refractivity contribution in [3.05, 3.63) is 52.9 Å². The lowest BCUT2D eigenvalue weighted by Gasteiger charge is -2.32. The lowest BCUT2D eigenvalue weighted by atomic mass is 9.90. The summed E-state index contributed by atoms with van der Waals surface area (Å²) >= 11 is 0. The normalized spacial score (nSPS) is 20.9. The summed E-state index contributed by atoms with van der Waals surface area (Å²) in [6.45, 7) is 7.16. The van der Waals surface area contributed by atoms with Crippen LogP contribution >= 0.6 is 0 Å². The minimum atomic E-state index is -0.472. The molecule has 0 bridgehead atoms. The molecule has 1 saturated carbocycles. The molecule has 0 radical (unpaired) electrons. The third kappa shape index (κ3) is 3.73. The summed E-state index contributed by atoms with van der Waals surface area (Å²) in [6.07, 6.45) is 10.2. The Kier molecular flexibility index (Phi) is 4.46. The number of ether oxygens (including phenoxy) is 1. The number of allylic oxidation sites excluding steroid dienone is 1. The number of aryl methyl sites for hydroxylation is 1. The van der Waals surface area contributed by atoms with E-state index in [0.29, 0.717) is 23.1 Å². The van der Waals surface area contributed by atoms with E-state index in [1.807, 2.05) is 38.2 Å². The van der Waals surface area contributed by atoms with Crippen LogP contribution < -0.4 is 10.1 Å². The number of fused-ring (bicyclic) bond motifs is 2. The molecule has 1 aromatic carbocycles. The van der Waals surface area contributed by atoms with Crippen molar-refractivity contribution in [2.24, 2.45) is 5.41 Å². The van der Waals surface area contributed by atoms with Crippen LogP contribution in [0.15, 0.2) is 30.5 Å². The summed E-state index contributed by atoms with van der Waals surface area (Å²) in [5, 5.41) is 3.43. The predicted octanol–water partition coefficient (Wildman–Crippen LogP) is 5.20. The first-order valence-corrected chi connectivity index (χ1v) is 11.0. The summed E-state index contributed by atoms with van der Waals surface area (Å²) in [4.78, 5) is 22.0. The molecular formula is C25H29N3O2. The lowest BCUT2D eigenvalue weighted by Crippen LogP contribution is -2.35. The highest BCUT2D eigenvalue weighted by Gasteiger charge is 2.37. The molecule has 1 aromatic heterocycles. The van der Waals surface area contributed by atoms with E-state index in [1.54, 1.807) is 0 Å². The number of benzene rings is 1. The molecule has 0 spiro atoms. The molecule has 0 unspecified atom stereocenters. The molecule has 2 heterocycles. The van der Waals surface area contributed by atoms with E-state index in [4.69, 9.17) is 9.72 Å². The fraction of sp³-hybridized carbons (Fsp3) is 0.480. The van der Waals surface area contributed by atoms with Gasteiger partial charge >= 0.3 is 0 Å². The number of anilines is 1. The van der Waals surface area contributed by atoms with E-state index >= 15 is 0 Å². The zero-order chi connectivity index (χ0) is 20.9. The highest BCUT2D eigenvalue weighted by Crippen LogP contribution is 2.44. The van der Waals surface area contributed by atoms with Gasteiger partial charge in [0.1, 0.15) is 11.4 Å². The van der Waals surface area contributed by atoms with Gasteiger partial charge in [-0.05, 0) is 74.6 Å². The molecule has 5 heteroatoms. The fourth-order valence-corrected chi connectivity index (χ4v) is 4.32. The van der Waals surface area contributed by atoms with Crippen molar-refractivity contribution in [2.45, 2.75) is 64.9 Å². The number of nitrogens with zero attached hydrogens (tertiary/aromatic N) is 2. The second-order valence-corrected chi connectivity index (χ2v) is 9.90. The van der Waals surface area contributed by atoms with E-state index in [-0.39, 0.29) is 5.78 Å². The quantitative estimate of drug-likeness (QED) is 0.760. The maximum Gasteiger partial charge on any atom is 0.222 e. The van der Waals surface area contributed by atoms with Gasteiger partial charge in [-0.15, -0.1) is 0 Å². The van der Waals surface area contributed by atoms with Crippen LogP contribution in [0, 0.1) is 5.41 Å². The molecule has 1 fully saturated rings. The molecule has 0 amide bonds. The Labute approximate surface area is 178 Å². The van der Waals surface area contributed by atoms with E-state index in [2.05, 4.69) is 23.3 Å². The summed E-state index contributed by atoms with van der Waals surface area (Å²) in [5.41, 5.74) is 4.97. The first kappa shape index (κ1) is 19.3. The number of nitrogens with one attached hydrogen (secondary N) is 1. The zero-order valence-electron chi connectivity index (χ0n) is 18.0. The first-order chi connectivity index (χ1) is 14.3. The van der Waals surface area contributed by atoms with Crippen molar-refractivity contribution in [3.63, 3.8) is 0 Å². The second kappa shape index (κ2) is 6.93. The van der Waals surface area contributed by atoms with Crippen LogP contribution in [-0.2, 0) is 6.42 Å². The standard InChI is InChI=1S/C25H29N3O2/c1-24(2)13-21(29)18-9-8-16(12-22(18)30-24)17-6-4-5-7-20-19(17)14-26-23(28-20)27-15-25(3)10-11-25/h6,8-9,12,14H,4-5,7,10-11,13,15H2,1-3H3,(H,26,27,28). The SMILES string of the molecule is CC1(CNc2ncc3c(n2)CCCC=C3c2ccc3c(c2)OC(C)(C)CC3=O)CC1. The van der Waals surface area contributed by atoms with Crippen molar-refractivity contribution in [1.29, 1.82) is 0 Å². The van der Waals surface area contributed by atoms with Crippen LogP contribution in [0.5, 0.6) is 5.75 Å². The van der Waals surface area contributed by atoms with E-state index in [9.17, 15) is 4.79 Å². The van der Waals surface area contributed by atoms with Gasteiger partial charge in [0.2, 0.25) is 5.95 Å². The van der Waals surface area contributed by atoms with Gasteiger partial charge in [0.15, 0.2) is 5.78 Å². The Bertz CT molecular complexity index is 1050. The Hall–Kier alpha value is -2.69. The average Bonchev–Trinajstić information content (AvgIpc) is 3.46. The van der Waals surface area contributed by atoms with Gasteiger partial charge in [-0.2, -0.15) is 0 Å². The number of aromatic nitrogens is 2. The number of rotatable bonds is 4. The molecular weight excluding hydrogens is 374 g/mol. The summed E-state index contributed by atoms with van der Waals surface area (Å²) in [5.74, 6) is 1.55. The lowest BCUT2D eigenvalue weighted by molar-refractivity contribution is 0.0620. The Morgan fingerprint density at radius 1 is 1.17 bits per heavy atom. The monoisotopic (exact) mass is 403 g/mol. The molecule has 0 atom stereocenters. The highest BCUT2D eigenvalue weighted by molar-refractivity contribution is 6.01. The number of carbonyl (C=O) groups excluding carboxylic acids is 1. The van der Waals surface area contributed by atoms with Crippen LogP contribution in [0.25, 0.3) is 5.57 Å². The molecule has 0 saturated heterocycles. The summed E-state index contributed by atoms with van der Waals surface area (Å²) in [7, 11) is 0. The molecule has 2 aromatic rings. The Balaban J connectivity index is 1.47. The predicted molar refractivity (Wildman–Crippen MR) is 118 cm³/mol. The summed E-state index contributed by atoms with van der Waals surface area (Å²) < 4.78 is 6.14. The van der Waals surface area contributed by atoms with Crippen molar-refractivity contribution < 1.29 is 9.53 Å². The zero-order valence-corrected chi connectivity index (χ0v) is 18.0. The number of carbonyl (C=O) groups is 1. The van der Waals surface area contributed by atoms with Gasteiger partial charge in [0.25, 0.3) is 0 Å². The molecule has 5 rings (SSSR count). The Morgan fingerprint density at radius 2 is 2.00 bits per heavy atom. The molecule has 5 nitrogen and oxygen atoms in total. The van der Waals surface area contributed by atoms with Crippen LogP contribution in [0.4, 0.5) is 5.95 Å². The van der Waals surface area contributed by atoms with Gasteiger partial charge in [-0.25, -0.2) is 9.97 Å². The van der Waals surface area contributed by atoms with Crippen molar-refractivity contribution >= 4 is 17.3 Å². The largest absolute Gasteiger partial charge is 0.487 e. The Morgan fingerprint density at radius 3 is 2.80 bits per heavy atom. The van der Waals surface area contributed by atoms with Gasteiger partial charge in [-0.1, -0.05) is 19.1 Å². The van der Waals surface area contributed by atoms with Crippen LogP contribution in [-0.4, -0.2) is 27.9 Å². The molecule has 1 aliphatic heterocycles. The van der Waals surface area contributed by atoms with E-state index < -0.39 is 5.60 Å².